The molecule has 0 fully saturated rings. The second-order valence-electron chi connectivity index (χ2n) is 3.32. The third-order valence-electron chi connectivity index (χ3n) is 0. The second kappa shape index (κ2) is 24.5. The highest BCUT2D eigenvalue weighted by molar-refractivity contribution is 4.27. The van der Waals surface area contributed by atoms with Crippen LogP contribution in [0, 0.1) is 10.1 Å². The summed E-state index contributed by atoms with van der Waals surface area (Å²) in [5.41, 5.74) is 0. The molecule has 0 aliphatic carbocycles. The minimum absolute atomic E-state index is 0. The van der Waals surface area contributed by atoms with Crippen LogP contribution in [0.4, 0.5) is 0 Å². The molecular weight excluding hydrogens is 228 g/mol. The Morgan fingerprint density at radius 1 is 0.882 bits per heavy atom. The van der Waals surface area contributed by atoms with Crippen molar-refractivity contribution in [1.29, 1.82) is 0 Å². The maximum Gasteiger partial charge on any atom is 0.182 e. The molecule has 0 saturated heterocycles. The molecule has 0 aliphatic rings. The van der Waals surface area contributed by atoms with Crippen LogP contribution in [0.2, 0.25) is 0 Å². The molecule has 0 amide bonds. The highest BCUT2D eigenvalue weighted by atomic mass is 16.5. The van der Waals surface area contributed by atoms with Gasteiger partial charge in [0, 0.05) is 33.1 Å². The molecule has 0 heterocycles. The molecule has 0 atom stereocenters. The van der Waals surface area contributed by atoms with Crippen LogP contribution in [-0.2, 0) is 0 Å². The monoisotopic (exact) mass is 258 g/mol. The summed E-state index contributed by atoms with van der Waals surface area (Å²) in [6.07, 6.45) is 0. The predicted octanol–water partition coefficient (Wildman–Crippen LogP) is 0.581. The molecule has 0 aliphatic heterocycles. The Hall–Kier alpha value is -0.640. The first-order valence-electron chi connectivity index (χ1n) is 4.34. The summed E-state index contributed by atoms with van der Waals surface area (Å²) >= 11 is 0. The van der Waals surface area contributed by atoms with Crippen LogP contribution in [0.5, 0.6) is 0 Å². The van der Waals surface area contributed by atoms with E-state index in [0.29, 0.717) is 0 Å². The maximum absolute atomic E-state index is 9.36. The highest BCUT2D eigenvalue weighted by Crippen LogP contribution is 1.52. The van der Waals surface area contributed by atoms with Crippen LogP contribution in [0.3, 0.4) is 0 Å². The Kier molecular flexibility index (Phi) is 43.2. The molecular formula is C9H30N4O4. The Labute approximate surface area is 105 Å². The van der Waals surface area contributed by atoms with Gasteiger partial charge in [-0.2, -0.15) is 10.1 Å². The average molecular weight is 258 g/mol. The zero-order valence-electron chi connectivity index (χ0n) is 11.5. The summed E-state index contributed by atoms with van der Waals surface area (Å²) in [4.78, 5) is 9.36. The van der Waals surface area contributed by atoms with Gasteiger partial charge < -0.3 is 20.7 Å². The molecule has 0 bridgehead atoms. The molecule has 0 saturated carbocycles. The standard InChI is InChI=1S/2C2H7NO.2C2H6NO.CH4/c4*1-3(2)4;/h2*4H,1-2H3;2*1-2H3;1H4/q;;-1;+1;. The van der Waals surface area contributed by atoms with E-state index < -0.39 is 0 Å². The van der Waals surface area contributed by atoms with Crippen molar-refractivity contribution in [2.45, 2.75) is 7.43 Å². The van der Waals surface area contributed by atoms with E-state index in [0.717, 1.165) is 19.9 Å². The topological polar surface area (TPSA) is 93.3 Å². The van der Waals surface area contributed by atoms with Gasteiger partial charge in [-0.05, 0) is 18.9 Å². The van der Waals surface area contributed by atoms with E-state index in [1.165, 1.54) is 28.2 Å². The van der Waals surface area contributed by atoms with Gasteiger partial charge in [-0.1, -0.05) is 7.43 Å². The molecule has 2 N–H and O–H groups in total. The number of hydrogen-bond donors (Lipinski definition) is 2. The van der Waals surface area contributed by atoms with Crippen molar-refractivity contribution >= 4 is 0 Å². The maximum atomic E-state index is 9.36. The molecule has 8 heteroatoms. The molecule has 8 nitrogen and oxygen atoms in total. The van der Waals surface area contributed by atoms with Gasteiger partial charge in [0.1, 0.15) is 0 Å². The fourth-order valence-electron chi connectivity index (χ4n) is 0. The normalized spacial score (nSPS) is 7.88. The van der Waals surface area contributed by atoms with E-state index in [2.05, 4.69) is 0 Å². The molecule has 0 radical (unpaired) electrons. The first-order chi connectivity index (χ1) is 6.93. The lowest BCUT2D eigenvalue weighted by molar-refractivity contribution is -0.486. The summed E-state index contributed by atoms with van der Waals surface area (Å²) in [6.45, 7) is 0. The number of rotatable bonds is 0. The number of nitrogens with zero attached hydrogens (tertiary/aromatic N) is 4. The van der Waals surface area contributed by atoms with E-state index in [1.807, 2.05) is 0 Å². The first kappa shape index (κ1) is 29.9. The summed E-state index contributed by atoms with van der Waals surface area (Å²) in [6, 6.07) is 0. The van der Waals surface area contributed by atoms with Gasteiger partial charge in [0.25, 0.3) is 0 Å². The average Bonchev–Trinajstić information content (AvgIpc) is 1.76. The summed E-state index contributed by atoms with van der Waals surface area (Å²) < 4.78 is 0.750. The van der Waals surface area contributed by atoms with Crippen LogP contribution in [0.25, 0.3) is 0 Å². The summed E-state index contributed by atoms with van der Waals surface area (Å²) in [7, 11) is 12.0. The highest BCUT2D eigenvalue weighted by Gasteiger charge is 1.66. The third kappa shape index (κ3) is 6690. The summed E-state index contributed by atoms with van der Waals surface area (Å²) in [5, 5.41) is 27.9. The quantitative estimate of drug-likeness (QED) is 0.485. The number of hydroxylamine groups is 6. The van der Waals surface area contributed by atoms with Crippen LogP contribution in [-0.4, -0.2) is 86.7 Å². The zero-order valence-corrected chi connectivity index (χ0v) is 11.5. The molecule has 0 aromatic carbocycles. The van der Waals surface area contributed by atoms with Crippen molar-refractivity contribution in [2.24, 2.45) is 0 Å². The van der Waals surface area contributed by atoms with Crippen LogP contribution in [0.15, 0.2) is 0 Å². The van der Waals surface area contributed by atoms with E-state index in [1.54, 1.807) is 28.2 Å². The predicted molar refractivity (Wildman–Crippen MR) is 70.2 cm³/mol. The van der Waals surface area contributed by atoms with Gasteiger partial charge in [-0.25, -0.2) is 0 Å². The number of hydrogen-bond acceptors (Lipinski definition) is 7. The van der Waals surface area contributed by atoms with Crippen molar-refractivity contribution in [3.8, 4) is 0 Å². The fourth-order valence-corrected chi connectivity index (χ4v) is 0. The van der Waals surface area contributed by atoms with Gasteiger partial charge in [0.05, 0.1) is 0 Å². The Balaban J connectivity index is -0.0000000369. The van der Waals surface area contributed by atoms with E-state index in [4.69, 9.17) is 10.4 Å². The molecule has 17 heavy (non-hydrogen) atoms. The first-order valence-corrected chi connectivity index (χ1v) is 4.34. The van der Waals surface area contributed by atoms with E-state index in [-0.39, 0.29) is 7.43 Å². The van der Waals surface area contributed by atoms with Gasteiger partial charge in [0.2, 0.25) is 0 Å². The molecule has 0 aromatic heterocycles. The van der Waals surface area contributed by atoms with Crippen LogP contribution < -0.4 is 0 Å². The lowest BCUT2D eigenvalue weighted by Gasteiger charge is -2.11. The third-order valence-corrected chi connectivity index (χ3v) is 0. The minimum atomic E-state index is 0. The smallest absolute Gasteiger partial charge is 0.182 e. The Bertz CT molecular complexity index is 106. The molecule has 0 rings (SSSR count). The van der Waals surface area contributed by atoms with Gasteiger partial charge in [-0.15, -0.1) is 0 Å². The van der Waals surface area contributed by atoms with Crippen molar-refractivity contribution in [3.05, 3.63) is 10.1 Å². The van der Waals surface area contributed by atoms with E-state index in [9.17, 15) is 10.1 Å². The minimum Gasteiger partial charge on any atom is -0.785 e. The second-order valence-corrected chi connectivity index (χ2v) is 3.32. The molecule has 0 aromatic rings. The van der Waals surface area contributed by atoms with Gasteiger partial charge >= 0.3 is 0 Å². The van der Waals surface area contributed by atoms with Crippen molar-refractivity contribution < 1.29 is 15.2 Å². The Morgan fingerprint density at radius 3 is 0.882 bits per heavy atom. The molecule has 0 spiro atoms. The van der Waals surface area contributed by atoms with E-state index >= 15 is 0 Å². The van der Waals surface area contributed by atoms with Crippen LogP contribution in [0.1, 0.15) is 7.43 Å². The van der Waals surface area contributed by atoms with Crippen molar-refractivity contribution in [1.82, 2.24) is 15.2 Å². The van der Waals surface area contributed by atoms with Gasteiger partial charge in [-0.3, -0.25) is 0 Å². The Morgan fingerprint density at radius 2 is 0.882 bits per heavy atom. The fraction of sp³-hybridized carbons (Fsp3) is 1.00. The lowest BCUT2D eigenvalue weighted by Crippen LogP contribution is -2.01. The van der Waals surface area contributed by atoms with Crippen molar-refractivity contribution in [2.75, 3.05) is 56.4 Å². The largest absolute Gasteiger partial charge is 0.785 e. The zero-order chi connectivity index (χ0) is 14.3. The summed E-state index contributed by atoms with van der Waals surface area (Å²) in [5.74, 6) is 0. The van der Waals surface area contributed by atoms with Crippen LogP contribution >= 0.6 is 0 Å². The van der Waals surface area contributed by atoms with Gasteiger partial charge in [0.15, 0.2) is 14.1 Å². The lowest BCUT2D eigenvalue weighted by atomic mass is 11.2. The van der Waals surface area contributed by atoms with Crippen molar-refractivity contribution in [3.63, 3.8) is 0 Å². The number of nitroso groups, excluding NO2 is 1. The molecule has 0 unspecified atom stereocenters. The molecule has 110 valence electrons. The SMILES string of the molecule is C.CN(C)O.CN(C)O.CN(C)[O-].C[N+](C)=O.